The quantitative estimate of drug-likeness (QED) is 0.0929. The number of amides is 1. The van der Waals surface area contributed by atoms with Gasteiger partial charge in [-0.25, -0.2) is 0 Å². The van der Waals surface area contributed by atoms with Crippen molar-refractivity contribution in [2.24, 2.45) is 0 Å². The third-order valence-corrected chi connectivity index (χ3v) is 6.89. The summed E-state index contributed by atoms with van der Waals surface area (Å²) in [7, 11) is 3.69. The topological polar surface area (TPSA) is 150 Å². The van der Waals surface area contributed by atoms with Crippen LogP contribution in [-0.4, -0.2) is 177 Å². The number of carbonyl (C=O) groups is 3. The van der Waals surface area contributed by atoms with E-state index in [4.69, 9.17) is 9.57 Å². The second-order valence-electron chi connectivity index (χ2n) is 10.7. The zero-order valence-electron chi connectivity index (χ0n) is 25.2. The minimum atomic E-state index is -0.888. The first kappa shape index (κ1) is 36.1. The van der Waals surface area contributed by atoms with Crippen molar-refractivity contribution in [2.75, 3.05) is 119 Å². The van der Waals surface area contributed by atoms with Crippen LogP contribution in [0.25, 0.3) is 0 Å². The average molecular weight is 576 g/mol. The standard InChI is InChI=1S/C26H53N7O7/c1-6-30-10-12-32(20-24(35)36)16-14-31(15-17-33(13-11-30)21-25(37)38)19-23(34)28-22-40-29(5)9-7-26(2,3)39-18-8-27-4/h27H,6-22H2,1-5H3,(H,28,34)(H,35,36)(H,37,38). The van der Waals surface area contributed by atoms with Crippen LogP contribution in [0.2, 0.25) is 0 Å². The maximum Gasteiger partial charge on any atom is 0.317 e. The van der Waals surface area contributed by atoms with Crippen molar-refractivity contribution >= 4 is 17.8 Å². The van der Waals surface area contributed by atoms with Crippen LogP contribution in [0.1, 0.15) is 27.2 Å². The van der Waals surface area contributed by atoms with Crippen molar-refractivity contribution in [3.8, 4) is 0 Å². The van der Waals surface area contributed by atoms with Crippen LogP contribution in [0.3, 0.4) is 0 Å². The summed E-state index contributed by atoms with van der Waals surface area (Å²) in [5.41, 5.74) is -0.295. The highest BCUT2D eigenvalue weighted by Gasteiger charge is 2.21. The van der Waals surface area contributed by atoms with Crippen molar-refractivity contribution in [1.29, 1.82) is 0 Å². The molecule has 1 amide bonds. The summed E-state index contributed by atoms with van der Waals surface area (Å²) in [6, 6.07) is 0. The minimum absolute atomic E-state index is 0.0212. The van der Waals surface area contributed by atoms with E-state index < -0.39 is 11.9 Å². The molecule has 1 aliphatic rings. The molecule has 0 spiro atoms. The summed E-state index contributed by atoms with van der Waals surface area (Å²) in [5, 5.41) is 26.2. The Balaban J connectivity index is 2.64. The van der Waals surface area contributed by atoms with Gasteiger partial charge in [0.05, 0.1) is 31.8 Å². The molecule has 234 valence electrons. The van der Waals surface area contributed by atoms with Crippen LogP contribution in [0, 0.1) is 0 Å². The van der Waals surface area contributed by atoms with E-state index in [1.54, 1.807) is 12.1 Å². The van der Waals surface area contributed by atoms with Gasteiger partial charge < -0.3 is 30.5 Å². The Hall–Kier alpha value is -1.91. The lowest BCUT2D eigenvalue weighted by Crippen LogP contribution is -2.49. The molecule has 0 aromatic heterocycles. The number of nitrogens with one attached hydrogen (secondary N) is 2. The van der Waals surface area contributed by atoms with Crippen molar-refractivity contribution < 1.29 is 34.2 Å². The SMILES string of the molecule is CCN1CCN(CC(=O)O)CCN(CC(=O)NCON(C)CCC(C)(C)OCCNC)CCN(CC(=O)O)CC1. The van der Waals surface area contributed by atoms with Crippen molar-refractivity contribution in [3.63, 3.8) is 0 Å². The van der Waals surface area contributed by atoms with Gasteiger partial charge in [-0.3, -0.25) is 33.9 Å². The van der Waals surface area contributed by atoms with Crippen molar-refractivity contribution in [3.05, 3.63) is 0 Å². The lowest BCUT2D eigenvalue weighted by atomic mass is 10.1. The van der Waals surface area contributed by atoms with E-state index in [1.165, 1.54) is 0 Å². The highest BCUT2D eigenvalue weighted by molar-refractivity contribution is 5.77. The molecule has 0 aromatic rings. The fourth-order valence-electron chi connectivity index (χ4n) is 4.23. The third-order valence-electron chi connectivity index (χ3n) is 6.89. The summed E-state index contributed by atoms with van der Waals surface area (Å²) < 4.78 is 5.87. The first-order valence-electron chi connectivity index (χ1n) is 14.2. The molecule has 0 bridgehead atoms. The van der Waals surface area contributed by atoms with E-state index in [9.17, 15) is 24.6 Å². The van der Waals surface area contributed by atoms with E-state index in [2.05, 4.69) is 15.5 Å². The fourth-order valence-corrected chi connectivity index (χ4v) is 4.23. The maximum atomic E-state index is 12.7. The van der Waals surface area contributed by atoms with Crippen LogP contribution in [0.15, 0.2) is 0 Å². The largest absolute Gasteiger partial charge is 0.480 e. The Bertz CT molecular complexity index is 712. The van der Waals surface area contributed by atoms with Gasteiger partial charge in [-0.15, -0.1) is 0 Å². The number of aliphatic carboxylic acids is 2. The molecular formula is C26H53N7O7. The molecule has 0 aromatic carbocycles. The zero-order valence-corrected chi connectivity index (χ0v) is 25.2. The fraction of sp³-hybridized carbons (Fsp3) is 0.885. The van der Waals surface area contributed by atoms with Gasteiger partial charge in [-0.1, -0.05) is 6.92 Å². The minimum Gasteiger partial charge on any atom is -0.480 e. The van der Waals surface area contributed by atoms with Crippen LogP contribution < -0.4 is 10.6 Å². The Morgan fingerprint density at radius 3 is 1.77 bits per heavy atom. The number of likely N-dealkylation sites (N-methyl/N-ethyl adjacent to an activating group) is 2. The molecule has 1 aliphatic heterocycles. The summed E-state index contributed by atoms with van der Waals surface area (Å²) in [6.07, 6.45) is 0.755. The van der Waals surface area contributed by atoms with Crippen LogP contribution in [-0.2, 0) is 24.0 Å². The molecule has 0 atom stereocenters. The van der Waals surface area contributed by atoms with Gasteiger partial charge in [0.1, 0.15) is 6.73 Å². The number of ether oxygens (including phenoxy) is 1. The molecule has 4 N–H and O–H groups in total. The Morgan fingerprint density at radius 1 is 0.850 bits per heavy atom. The van der Waals surface area contributed by atoms with Gasteiger partial charge in [0.25, 0.3) is 0 Å². The third kappa shape index (κ3) is 17.7. The Kier molecular flexibility index (Phi) is 18.1. The van der Waals surface area contributed by atoms with Crippen LogP contribution >= 0.6 is 0 Å². The number of hydrogen-bond acceptors (Lipinski definition) is 11. The molecule has 1 fully saturated rings. The van der Waals surface area contributed by atoms with Gasteiger partial charge in [0, 0.05) is 72.5 Å². The second kappa shape index (κ2) is 20.0. The molecule has 1 saturated heterocycles. The first-order valence-corrected chi connectivity index (χ1v) is 14.2. The van der Waals surface area contributed by atoms with E-state index in [1.807, 2.05) is 42.5 Å². The predicted octanol–water partition coefficient (Wildman–Crippen LogP) is -1.26. The van der Waals surface area contributed by atoms with Crippen molar-refractivity contribution in [1.82, 2.24) is 35.3 Å². The molecule has 0 unspecified atom stereocenters. The Labute approximate surface area is 239 Å². The van der Waals surface area contributed by atoms with E-state index in [-0.39, 0.29) is 37.9 Å². The normalized spacial score (nSPS) is 17.9. The summed E-state index contributed by atoms with van der Waals surface area (Å²) in [4.78, 5) is 49.1. The van der Waals surface area contributed by atoms with Gasteiger partial charge in [0.15, 0.2) is 0 Å². The molecule has 0 aliphatic carbocycles. The van der Waals surface area contributed by atoms with Gasteiger partial charge in [-0.05, 0) is 33.9 Å². The number of carboxylic acids is 2. The average Bonchev–Trinajstić information content (AvgIpc) is 2.87. The molecule has 14 heteroatoms. The van der Waals surface area contributed by atoms with E-state index >= 15 is 0 Å². The van der Waals surface area contributed by atoms with Gasteiger partial charge in [0.2, 0.25) is 5.91 Å². The lowest BCUT2D eigenvalue weighted by molar-refractivity contribution is -0.161. The monoisotopic (exact) mass is 575 g/mol. The number of rotatable bonds is 17. The first-order chi connectivity index (χ1) is 18.9. The maximum absolute atomic E-state index is 12.7. The molecule has 40 heavy (non-hydrogen) atoms. The lowest BCUT2D eigenvalue weighted by Gasteiger charge is -2.33. The smallest absolute Gasteiger partial charge is 0.317 e. The Morgan fingerprint density at radius 2 is 1.32 bits per heavy atom. The summed E-state index contributed by atoms with van der Waals surface area (Å²) >= 11 is 0. The summed E-state index contributed by atoms with van der Waals surface area (Å²) in [5.74, 6) is -1.99. The molecule has 0 saturated carbocycles. The number of hydroxylamine groups is 2. The van der Waals surface area contributed by atoms with E-state index in [0.717, 1.165) is 19.5 Å². The van der Waals surface area contributed by atoms with Gasteiger partial charge in [-0.2, -0.15) is 5.06 Å². The van der Waals surface area contributed by atoms with E-state index in [0.29, 0.717) is 65.5 Å². The predicted molar refractivity (Wildman–Crippen MR) is 152 cm³/mol. The second-order valence-corrected chi connectivity index (χ2v) is 10.7. The summed E-state index contributed by atoms with van der Waals surface area (Å²) in [6.45, 7) is 13.4. The molecular weight excluding hydrogens is 522 g/mol. The molecule has 0 radical (unpaired) electrons. The van der Waals surface area contributed by atoms with Crippen LogP contribution in [0.5, 0.6) is 0 Å². The number of carbonyl (C=O) groups excluding carboxylic acids is 1. The highest BCUT2D eigenvalue weighted by Crippen LogP contribution is 2.14. The molecule has 1 heterocycles. The number of hydrogen-bond donors (Lipinski definition) is 4. The zero-order chi connectivity index (χ0) is 30.0. The highest BCUT2D eigenvalue weighted by atomic mass is 16.7. The number of carboxylic acid groups (broad SMARTS) is 2. The van der Waals surface area contributed by atoms with Crippen molar-refractivity contribution in [2.45, 2.75) is 32.8 Å². The molecule has 14 nitrogen and oxygen atoms in total. The van der Waals surface area contributed by atoms with Gasteiger partial charge >= 0.3 is 11.9 Å². The number of nitrogens with zero attached hydrogens (tertiary/aromatic N) is 5. The molecule has 1 rings (SSSR count). The van der Waals surface area contributed by atoms with Crippen LogP contribution in [0.4, 0.5) is 0 Å².